The van der Waals surface area contributed by atoms with Gasteiger partial charge in [-0.15, -0.1) is 0 Å². The Kier molecular flexibility index (Phi) is 5.35. The van der Waals surface area contributed by atoms with E-state index in [1.54, 1.807) is 26.0 Å². The summed E-state index contributed by atoms with van der Waals surface area (Å²) in [6.07, 6.45) is 1.82. The monoisotopic (exact) mass is 439 g/mol. The van der Waals surface area contributed by atoms with Gasteiger partial charge in [-0.2, -0.15) is 0 Å². The van der Waals surface area contributed by atoms with E-state index in [0.717, 1.165) is 28.0 Å². The quantitative estimate of drug-likeness (QED) is 0.465. The molecule has 1 fully saturated rings. The fourth-order valence-corrected chi connectivity index (χ4v) is 4.89. The molecule has 2 N–H and O–H groups in total. The molecule has 8 heteroatoms. The molecule has 1 aliphatic carbocycles. The molecular formula is C23H25N3O4S. The topological polar surface area (TPSA) is 104 Å². The van der Waals surface area contributed by atoms with Crippen LogP contribution in [0, 0.1) is 5.92 Å². The van der Waals surface area contributed by atoms with Crippen molar-refractivity contribution in [1.82, 2.24) is 8.96 Å². The van der Waals surface area contributed by atoms with Gasteiger partial charge in [-0.1, -0.05) is 36.4 Å². The minimum atomic E-state index is -3.72. The Bertz CT molecular complexity index is 1290. The summed E-state index contributed by atoms with van der Waals surface area (Å²) in [5, 5.41) is -0.669. The first-order valence-electron chi connectivity index (χ1n) is 10.2. The van der Waals surface area contributed by atoms with Crippen molar-refractivity contribution in [3.8, 4) is 0 Å². The van der Waals surface area contributed by atoms with Gasteiger partial charge in [0, 0.05) is 5.57 Å². The minimum absolute atomic E-state index is 0.0820. The largest absolute Gasteiger partial charge is 0.466 e. The third-order valence-corrected chi connectivity index (χ3v) is 7.58. The summed E-state index contributed by atoms with van der Waals surface area (Å²) in [4.78, 5) is 17.0. The lowest BCUT2D eigenvalue weighted by Crippen LogP contribution is -2.23. The van der Waals surface area contributed by atoms with Crippen LogP contribution in [0.1, 0.15) is 37.8 Å². The highest BCUT2D eigenvalue weighted by Gasteiger charge is 2.35. The lowest BCUT2D eigenvalue weighted by atomic mass is 9.90. The van der Waals surface area contributed by atoms with Gasteiger partial charge in [0.25, 0.3) is 0 Å². The molecule has 0 spiro atoms. The third-order valence-electron chi connectivity index (χ3n) is 5.50. The van der Waals surface area contributed by atoms with E-state index >= 15 is 0 Å². The fraction of sp³-hybridized carbons (Fsp3) is 0.304. The molecule has 31 heavy (non-hydrogen) atoms. The molecule has 1 aliphatic rings. The molecule has 0 radical (unpaired) electrons. The van der Waals surface area contributed by atoms with Crippen molar-refractivity contribution < 1.29 is 17.9 Å². The SMILES string of the molecule is COC(=O)C(=C(c1ccccc1)c1ccc2nc(N)n(S(=O)(=O)C(C)C)c2c1)C1CC1. The minimum Gasteiger partial charge on any atom is -0.466 e. The van der Waals surface area contributed by atoms with E-state index in [0.29, 0.717) is 22.2 Å². The number of hydrogen-bond acceptors (Lipinski definition) is 6. The Labute approximate surface area is 181 Å². The first kappa shape index (κ1) is 21.1. The molecule has 1 saturated carbocycles. The second-order valence-corrected chi connectivity index (χ2v) is 10.3. The van der Waals surface area contributed by atoms with Crippen LogP contribution in [-0.4, -0.2) is 35.7 Å². The summed E-state index contributed by atoms with van der Waals surface area (Å²) in [6.45, 7) is 3.20. The maximum absolute atomic E-state index is 12.9. The van der Waals surface area contributed by atoms with Crippen LogP contribution >= 0.6 is 0 Å². The van der Waals surface area contributed by atoms with Gasteiger partial charge in [-0.05, 0) is 61.4 Å². The Hall–Kier alpha value is -3.13. The van der Waals surface area contributed by atoms with Gasteiger partial charge in [0.2, 0.25) is 16.0 Å². The normalized spacial score (nSPS) is 15.2. The Balaban J connectivity index is 2.03. The number of fused-ring (bicyclic) bond motifs is 1. The Morgan fingerprint density at radius 2 is 1.81 bits per heavy atom. The van der Waals surface area contributed by atoms with Gasteiger partial charge in [-0.25, -0.2) is 22.2 Å². The second kappa shape index (κ2) is 7.85. The van der Waals surface area contributed by atoms with E-state index in [-0.39, 0.29) is 17.8 Å². The zero-order valence-electron chi connectivity index (χ0n) is 17.7. The number of aromatic nitrogens is 2. The number of rotatable bonds is 6. The number of ether oxygens (including phenoxy) is 1. The van der Waals surface area contributed by atoms with Crippen LogP contribution in [0.15, 0.2) is 54.1 Å². The van der Waals surface area contributed by atoms with Crippen molar-refractivity contribution in [1.29, 1.82) is 0 Å². The van der Waals surface area contributed by atoms with Gasteiger partial charge in [0.1, 0.15) is 0 Å². The summed E-state index contributed by atoms with van der Waals surface area (Å²) in [7, 11) is -2.35. The summed E-state index contributed by atoms with van der Waals surface area (Å²) in [5.74, 6) is -0.335. The number of methoxy groups -OCH3 is 1. The molecule has 1 heterocycles. The maximum atomic E-state index is 12.9. The molecule has 0 unspecified atom stereocenters. The summed E-state index contributed by atoms with van der Waals surface area (Å²) in [5.41, 5.74) is 9.78. The van der Waals surface area contributed by atoms with E-state index in [1.165, 1.54) is 7.11 Å². The fourth-order valence-electron chi connectivity index (χ4n) is 3.74. The second-order valence-electron chi connectivity index (χ2n) is 7.95. The molecule has 162 valence electrons. The number of nitrogens with two attached hydrogens (primary N) is 1. The summed E-state index contributed by atoms with van der Waals surface area (Å²) in [6, 6.07) is 14.9. The molecule has 0 atom stereocenters. The predicted octanol–water partition coefficient (Wildman–Crippen LogP) is 3.59. The molecule has 1 aromatic heterocycles. The number of carbonyl (C=O) groups excluding carboxylic acids is 1. The van der Waals surface area contributed by atoms with E-state index < -0.39 is 15.3 Å². The lowest BCUT2D eigenvalue weighted by molar-refractivity contribution is -0.136. The van der Waals surface area contributed by atoms with E-state index in [4.69, 9.17) is 10.5 Å². The summed E-state index contributed by atoms with van der Waals surface area (Å²) >= 11 is 0. The van der Waals surface area contributed by atoms with Crippen molar-refractivity contribution in [2.45, 2.75) is 31.9 Å². The first-order chi connectivity index (χ1) is 14.8. The average Bonchev–Trinajstić information content (AvgIpc) is 3.52. The number of nitrogen functional groups attached to an aromatic ring is 1. The van der Waals surface area contributed by atoms with Crippen LogP contribution in [0.25, 0.3) is 16.6 Å². The molecule has 7 nitrogen and oxygen atoms in total. The lowest BCUT2D eigenvalue weighted by Gasteiger charge is -2.16. The zero-order valence-corrected chi connectivity index (χ0v) is 18.5. The molecular weight excluding hydrogens is 414 g/mol. The number of esters is 1. The van der Waals surface area contributed by atoms with Crippen LogP contribution in [0.4, 0.5) is 5.95 Å². The van der Waals surface area contributed by atoms with Gasteiger partial charge in [0.15, 0.2) is 0 Å². The predicted molar refractivity (Wildman–Crippen MR) is 121 cm³/mol. The van der Waals surface area contributed by atoms with Gasteiger partial charge in [0.05, 0.1) is 23.4 Å². The molecule has 2 aromatic carbocycles. The molecule has 0 aliphatic heterocycles. The van der Waals surface area contributed by atoms with Crippen LogP contribution in [0.5, 0.6) is 0 Å². The van der Waals surface area contributed by atoms with E-state index in [9.17, 15) is 13.2 Å². The smallest absolute Gasteiger partial charge is 0.334 e. The number of anilines is 1. The summed E-state index contributed by atoms with van der Waals surface area (Å²) < 4.78 is 32.1. The number of imidazole rings is 1. The van der Waals surface area contributed by atoms with Crippen molar-refractivity contribution in [3.63, 3.8) is 0 Å². The highest BCUT2D eigenvalue weighted by molar-refractivity contribution is 7.90. The van der Waals surface area contributed by atoms with Crippen molar-refractivity contribution in [3.05, 3.63) is 65.2 Å². The van der Waals surface area contributed by atoms with Gasteiger partial charge < -0.3 is 10.5 Å². The van der Waals surface area contributed by atoms with Crippen molar-refractivity contribution in [2.75, 3.05) is 12.8 Å². The molecule has 0 saturated heterocycles. The highest BCUT2D eigenvalue weighted by atomic mass is 32.2. The van der Waals surface area contributed by atoms with Gasteiger partial charge in [-0.3, -0.25) is 0 Å². The van der Waals surface area contributed by atoms with Crippen LogP contribution < -0.4 is 5.73 Å². The standard InChI is InChI=1S/C23H25N3O4S/c1-14(2)31(28,29)26-19-13-17(11-12-18(19)25-23(26)24)20(15-7-5-4-6-8-15)21(16-9-10-16)22(27)30-3/h4-8,11-14,16H,9-10H2,1-3H3,(H2,24,25). The van der Waals surface area contributed by atoms with E-state index in [1.807, 2.05) is 36.4 Å². The number of nitrogens with zero attached hydrogens (tertiary/aromatic N) is 2. The molecule has 4 rings (SSSR count). The molecule has 3 aromatic rings. The van der Waals surface area contributed by atoms with Crippen LogP contribution in [0.2, 0.25) is 0 Å². The Morgan fingerprint density at radius 3 is 2.39 bits per heavy atom. The van der Waals surface area contributed by atoms with Crippen molar-refractivity contribution in [2.24, 2.45) is 5.92 Å². The Morgan fingerprint density at radius 1 is 1.13 bits per heavy atom. The third kappa shape index (κ3) is 3.72. The van der Waals surface area contributed by atoms with Crippen LogP contribution in [0.3, 0.4) is 0 Å². The van der Waals surface area contributed by atoms with E-state index in [2.05, 4.69) is 4.98 Å². The molecule has 0 amide bonds. The first-order valence-corrected chi connectivity index (χ1v) is 11.7. The van der Waals surface area contributed by atoms with Crippen molar-refractivity contribution >= 4 is 38.5 Å². The maximum Gasteiger partial charge on any atom is 0.334 e. The zero-order chi connectivity index (χ0) is 22.3. The average molecular weight is 440 g/mol. The van der Waals surface area contributed by atoms with Gasteiger partial charge >= 0.3 is 5.97 Å². The number of benzene rings is 2. The highest BCUT2D eigenvalue weighted by Crippen LogP contribution is 2.43. The van der Waals surface area contributed by atoms with Crippen LogP contribution in [-0.2, 0) is 19.6 Å². The number of hydrogen-bond donors (Lipinski definition) is 1. The molecule has 0 bridgehead atoms. The number of carbonyl (C=O) groups is 1.